The number of benzene rings is 1. The van der Waals surface area contributed by atoms with Crippen LogP contribution in [0.4, 0.5) is 0 Å². The number of ether oxygens (including phenoxy) is 1. The lowest BCUT2D eigenvalue weighted by Crippen LogP contribution is -2.25. The molecule has 0 fully saturated rings. The van der Waals surface area contributed by atoms with E-state index < -0.39 is 16.1 Å². The fourth-order valence-electron chi connectivity index (χ4n) is 1.72. The third-order valence-electron chi connectivity index (χ3n) is 2.93. The average molecular weight is 309 g/mol. The predicted molar refractivity (Wildman–Crippen MR) is 87.8 cm³/mol. The van der Waals surface area contributed by atoms with Crippen molar-refractivity contribution in [3.05, 3.63) is 28.8 Å². The Labute approximate surface area is 129 Å². The van der Waals surface area contributed by atoms with Gasteiger partial charge in [0.05, 0.1) is 18.4 Å². The molecule has 0 bridgehead atoms. The van der Waals surface area contributed by atoms with Crippen LogP contribution in [-0.4, -0.2) is 27.9 Å². The topological polar surface area (TPSA) is 61.7 Å². The summed E-state index contributed by atoms with van der Waals surface area (Å²) in [5.41, 5.74) is 2.20. The second kappa shape index (κ2) is 7.09. The number of rotatable bonds is 5. The molecule has 1 rings (SSSR count). The lowest BCUT2D eigenvalue weighted by Gasteiger charge is -2.18. The maximum absolute atomic E-state index is 12.0. The van der Waals surface area contributed by atoms with Gasteiger partial charge in [-0.3, -0.25) is 4.79 Å². The second-order valence-electron chi connectivity index (χ2n) is 5.74. The fourth-order valence-corrected chi connectivity index (χ4v) is 2.24. The van der Waals surface area contributed by atoms with Gasteiger partial charge in [-0.2, -0.15) is 0 Å². The summed E-state index contributed by atoms with van der Waals surface area (Å²) in [6.45, 7) is 11.4. The van der Waals surface area contributed by atoms with Gasteiger partial charge >= 0.3 is 0 Å². The van der Waals surface area contributed by atoms with Crippen LogP contribution in [0.15, 0.2) is 16.5 Å². The Bertz CT molecular complexity index is 547. The number of ketones is 1. The Morgan fingerprint density at radius 2 is 2.05 bits per heavy atom. The first kappa shape index (κ1) is 17.7. The lowest BCUT2D eigenvalue weighted by atomic mass is 10.0. The zero-order valence-electron chi connectivity index (χ0n) is 13.5. The molecule has 4 nitrogen and oxygen atoms in total. The molecule has 1 aromatic rings. The van der Waals surface area contributed by atoms with Crippen LogP contribution in [0.1, 0.15) is 56.1 Å². The van der Waals surface area contributed by atoms with Crippen molar-refractivity contribution in [1.82, 2.24) is 0 Å². The monoisotopic (exact) mass is 309 g/mol. The van der Waals surface area contributed by atoms with Gasteiger partial charge in [0.15, 0.2) is 5.78 Å². The normalized spacial score (nSPS) is 13.5. The molecule has 0 saturated heterocycles. The minimum atomic E-state index is -1.31. The third kappa shape index (κ3) is 4.58. The molecule has 0 amide bonds. The summed E-state index contributed by atoms with van der Waals surface area (Å²) in [4.78, 5) is 11.6. The van der Waals surface area contributed by atoms with Gasteiger partial charge < -0.3 is 9.29 Å². The fraction of sp³-hybridized carbons (Fsp3) is 0.500. The van der Waals surface area contributed by atoms with Crippen LogP contribution in [0.2, 0.25) is 0 Å². The van der Waals surface area contributed by atoms with E-state index in [-0.39, 0.29) is 5.78 Å². The van der Waals surface area contributed by atoms with Crippen LogP contribution in [-0.2, 0) is 11.4 Å². The van der Waals surface area contributed by atoms with E-state index in [2.05, 4.69) is 4.40 Å². The summed E-state index contributed by atoms with van der Waals surface area (Å²) < 4.78 is 21.3. The number of hydrogen-bond donors (Lipinski definition) is 0. The molecule has 0 N–H and O–H groups in total. The van der Waals surface area contributed by atoms with Gasteiger partial charge in [-0.1, -0.05) is 10.5 Å². The Morgan fingerprint density at radius 1 is 1.43 bits per heavy atom. The quantitative estimate of drug-likeness (QED) is 0.475. The minimum Gasteiger partial charge on any atom is -0.591 e. The zero-order chi connectivity index (χ0) is 16.2. The molecule has 21 heavy (non-hydrogen) atoms. The summed E-state index contributed by atoms with van der Waals surface area (Å²) in [5, 5.41) is 0. The molecule has 0 aliphatic rings. The van der Waals surface area contributed by atoms with E-state index in [0.717, 1.165) is 11.1 Å². The maximum Gasteiger partial charge on any atom is 0.163 e. The van der Waals surface area contributed by atoms with Crippen molar-refractivity contribution in [2.24, 2.45) is 4.40 Å². The highest BCUT2D eigenvalue weighted by Crippen LogP contribution is 2.27. The molecular weight excluding hydrogens is 286 g/mol. The average Bonchev–Trinajstić information content (AvgIpc) is 2.38. The van der Waals surface area contributed by atoms with Gasteiger partial charge in [0.25, 0.3) is 0 Å². The van der Waals surface area contributed by atoms with E-state index in [1.807, 2.05) is 34.6 Å². The Hall–Kier alpha value is -1.33. The van der Waals surface area contributed by atoms with Gasteiger partial charge in [-0.15, -0.1) is 0 Å². The molecule has 0 heterocycles. The lowest BCUT2D eigenvalue weighted by molar-refractivity contribution is 0.101. The highest BCUT2D eigenvalue weighted by Gasteiger charge is 2.26. The summed E-state index contributed by atoms with van der Waals surface area (Å²) in [6, 6.07) is 3.53. The number of Topliss-reactive ketones (excluding diaryl/α,β-unsaturated/α-hetero) is 1. The molecule has 116 valence electrons. The third-order valence-corrected chi connectivity index (χ3v) is 4.27. The van der Waals surface area contributed by atoms with E-state index in [9.17, 15) is 9.35 Å². The van der Waals surface area contributed by atoms with E-state index in [1.54, 1.807) is 18.3 Å². The van der Waals surface area contributed by atoms with Crippen LogP contribution in [0.3, 0.4) is 0 Å². The molecule has 0 radical (unpaired) electrons. The molecule has 0 aromatic heterocycles. The van der Waals surface area contributed by atoms with Crippen LogP contribution < -0.4 is 4.74 Å². The number of hydrogen-bond acceptors (Lipinski definition) is 4. The SMILES string of the molecule is CCOc1c(C(C)=O)ccc(C=N[S+]([O-])C(C)(C)C)c1C. The summed E-state index contributed by atoms with van der Waals surface area (Å²) in [6.07, 6.45) is 1.59. The second-order valence-corrected chi connectivity index (χ2v) is 7.68. The molecule has 5 heteroatoms. The number of carbonyl (C=O) groups is 1. The zero-order valence-corrected chi connectivity index (χ0v) is 14.3. The molecule has 0 aliphatic carbocycles. The van der Waals surface area contributed by atoms with E-state index in [0.29, 0.717) is 17.9 Å². The van der Waals surface area contributed by atoms with E-state index >= 15 is 0 Å². The summed E-state index contributed by atoms with van der Waals surface area (Å²) in [5.74, 6) is 0.541. The molecule has 0 saturated carbocycles. The first-order chi connectivity index (χ1) is 9.68. The largest absolute Gasteiger partial charge is 0.591 e. The molecule has 0 spiro atoms. The van der Waals surface area contributed by atoms with Gasteiger partial charge in [0.2, 0.25) is 0 Å². The highest BCUT2D eigenvalue weighted by atomic mass is 32.2. The van der Waals surface area contributed by atoms with Crippen molar-refractivity contribution < 1.29 is 14.1 Å². The molecule has 1 atom stereocenters. The number of carbonyl (C=O) groups excluding carboxylic acids is 1. The van der Waals surface area contributed by atoms with Crippen LogP contribution in [0.5, 0.6) is 5.75 Å². The predicted octanol–water partition coefficient (Wildman–Crippen LogP) is 3.48. The van der Waals surface area contributed by atoms with Gasteiger partial charge in [-0.25, -0.2) is 0 Å². The first-order valence-corrected chi connectivity index (χ1v) is 8.02. The smallest absolute Gasteiger partial charge is 0.163 e. The number of nitrogens with zero attached hydrogens (tertiary/aromatic N) is 1. The van der Waals surface area contributed by atoms with Gasteiger partial charge in [-0.05, 0) is 47.6 Å². The van der Waals surface area contributed by atoms with Crippen LogP contribution in [0.25, 0.3) is 0 Å². The van der Waals surface area contributed by atoms with Crippen LogP contribution in [0, 0.1) is 6.92 Å². The molecule has 1 unspecified atom stereocenters. The van der Waals surface area contributed by atoms with E-state index in [4.69, 9.17) is 4.74 Å². The Balaban J connectivity index is 3.19. The standard InChI is InChI=1S/C16H23NO3S/c1-7-20-15-11(2)13(8-9-14(15)12(3)18)10-17-21(19)16(4,5)6/h8-10H,7H2,1-6H3. The molecular formula is C16H23NO3S. The molecule has 1 aromatic carbocycles. The Kier molecular flexibility index (Phi) is 5.98. The van der Waals surface area contributed by atoms with Crippen molar-refractivity contribution in [2.45, 2.75) is 46.3 Å². The maximum atomic E-state index is 12.0. The minimum absolute atomic E-state index is 0.0386. The summed E-state index contributed by atoms with van der Waals surface area (Å²) >= 11 is -1.31. The van der Waals surface area contributed by atoms with Crippen molar-refractivity contribution in [1.29, 1.82) is 0 Å². The van der Waals surface area contributed by atoms with Gasteiger partial charge in [0.1, 0.15) is 21.9 Å². The van der Waals surface area contributed by atoms with Crippen molar-refractivity contribution in [3.63, 3.8) is 0 Å². The highest BCUT2D eigenvalue weighted by molar-refractivity contribution is 7.91. The van der Waals surface area contributed by atoms with Crippen molar-refractivity contribution in [2.75, 3.05) is 6.61 Å². The van der Waals surface area contributed by atoms with Crippen molar-refractivity contribution in [3.8, 4) is 5.75 Å². The summed E-state index contributed by atoms with van der Waals surface area (Å²) in [7, 11) is 0. The first-order valence-electron chi connectivity index (χ1n) is 6.91. The van der Waals surface area contributed by atoms with Gasteiger partial charge in [0, 0.05) is 11.1 Å². The van der Waals surface area contributed by atoms with Crippen LogP contribution >= 0.6 is 0 Å². The molecule has 0 aliphatic heterocycles. The van der Waals surface area contributed by atoms with E-state index in [1.165, 1.54) is 6.92 Å². The van der Waals surface area contributed by atoms with Crippen molar-refractivity contribution >= 4 is 23.4 Å². The Morgan fingerprint density at radius 3 is 2.52 bits per heavy atom.